The van der Waals surface area contributed by atoms with Crippen LogP contribution < -0.4 is 4.74 Å². The zero-order valence-corrected chi connectivity index (χ0v) is 12.0. The van der Waals surface area contributed by atoms with Gasteiger partial charge in [0.15, 0.2) is 0 Å². The standard InChI is InChI=1S/C17H24O/c1-11-5-8-15-14(9-11)13-7-6-12(18-4)10-16(13)17(15,2)3/h6-7,10-11,14-15H,5,8-9H2,1-4H3/t11-,14+,15-/m0/s1. The monoisotopic (exact) mass is 244 g/mol. The first kappa shape index (κ1) is 12.1. The maximum atomic E-state index is 5.41. The number of benzene rings is 1. The van der Waals surface area contributed by atoms with Gasteiger partial charge in [-0.05, 0) is 59.3 Å². The normalized spacial score (nSPS) is 32.8. The van der Waals surface area contributed by atoms with E-state index in [1.165, 1.54) is 24.8 Å². The van der Waals surface area contributed by atoms with Gasteiger partial charge in [0.1, 0.15) is 5.75 Å². The summed E-state index contributed by atoms with van der Waals surface area (Å²) < 4.78 is 5.41. The minimum atomic E-state index is 0.314. The summed E-state index contributed by atoms with van der Waals surface area (Å²) in [6, 6.07) is 6.73. The second kappa shape index (κ2) is 4.01. The average molecular weight is 244 g/mol. The van der Waals surface area contributed by atoms with E-state index in [4.69, 9.17) is 4.74 Å². The van der Waals surface area contributed by atoms with Gasteiger partial charge in [-0.25, -0.2) is 0 Å². The molecule has 0 N–H and O–H groups in total. The van der Waals surface area contributed by atoms with Crippen molar-refractivity contribution in [3.8, 4) is 5.75 Å². The third-order valence-electron chi connectivity index (χ3n) is 5.39. The number of hydrogen-bond acceptors (Lipinski definition) is 1. The van der Waals surface area contributed by atoms with E-state index in [0.717, 1.165) is 23.5 Å². The molecule has 1 aromatic rings. The van der Waals surface area contributed by atoms with Gasteiger partial charge >= 0.3 is 0 Å². The zero-order valence-electron chi connectivity index (χ0n) is 12.0. The van der Waals surface area contributed by atoms with E-state index in [1.807, 2.05) is 0 Å². The second-order valence-electron chi connectivity index (χ2n) is 6.81. The maximum Gasteiger partial charge on any atom is 0.119 e. The average Bonchev–Trinajstić information content (AvgIpc) is 2.58. The van der Waals surface area contributed by atoms with Crippen molar-refractivity contribution in [1.29, 1.82) is 0 Å². The Hall–Kier alpha value is -0.980. The van der Waals surface area contributed by atoms with Gasteiger partial charge in [-0.1, -0.05) is 33.3 Å². The number of fused-ring (bicyclic) bond motifs is 3. The van der Waals surface area contributed by atoms with Crippen molar-refractivity contribution < 1.29 is 4.74 Å². The topological polar surface area (TPSA) is 9.23 Å². The summed E-state index contributed by atoms with van der Waals surface area (Å²) in [7, 11) is 1.76. The van der Waals surface area contributed by atoms with E-state index in [-0.39, 0.29) is 0 Å². The van der Waals surface area contributed by atoms with Gasteiger partial charge < -0.3 is 4.74 Å². The van der Waals surface area contributed by atoms with Crippen LogP contribution in [0.3, 0.4) is 0 Å². The third-order valence-corrected chi connectivity index (χ3v) is 5.39. The number of hydrogen-bond donors (Lipinski definition) is 0. The van der Waals surface area contributed by atoms with E-state index in [9.17, 15) is 0 Å². The first-order valence-electron chi connectivity index (χ1n) is 7.22. The molecule has 0 spiro atoms. The van der Waals surface area contributed by atoms with Crippen LogP contribution in [0.4, 0.5) is 0 Å². The quantitative estimate of drug-likeness (QED) is 0.706. The highest BCUT2D eigenvalue weighted by Gasteiger charge is 2.47. The van der Waals surface area contributed by atoms with Gasteiger partial charge in [-0.15, -0.1) is 0 Å². The molecule has 0 radical (unpaired) electrons. The molecule has 1 heteroatoms. The predicted molar refractivity (Wildman–Crippen MR) is 75.3 cm³/mol. The molecule has 0 aliphatic heterocycles. The maximum absolute atomic E-state index is 5.41. The van der Waals surface area contributed by atoms with Crippen molar-refractivity contribution in [1.82, 2.24) is 0 Å². The highest BCUT2D eigenvalue weighted by molar-refractivity contribution is 5.47. The smallest absolute Gasteiger partial charge is 0.119 e. The molecule has 0 aromatic heterocycles. The van der Waals surface area contributed by atoms with Crippen LogP contribution in [0.15, 0.2) is 18.2 Å². The summed E-state index contributed by atoms with van der Waals surface area (Å²) in [5, 5.41) is 0. The van der Waals surface area contributed by atoms with Crippen LogP contribution in [-0.4, -0.2) is 7.11 Å². The lowest BCUT2D eigenvalue weighted by molar-refractivity contribution is 0.195. The van der Waals surface area contributed by atoms with E-state index < -0.39 is 0 Å². The Balaban J connectivity index is 2.08. The summed E-state index contributed by atoms with van der Waals surface area (Å²) in [4.78, 5) is 0. The van der Waals surface area contributed by atoms with Gasteiger partial charge in [0.05, 0.1) is 7.11 Å². The summed E-state index contributed by atoms with van der Waals surface area (Å²) in [5.41, 5.74) is 3.44. The van der Waals surface area contributed by atoms with Crippen molar-refractivity contribution >= 4 is 0 Å². The molecule has 3 rings (SSSR count). The molecule has 2 aliphatic carbocycles. The number of ether oxygens (including phenoxy) is 1. The molecule has 0 unspecified atom stereocenters. The predicted octanol–water partition coefficient (Wildman–Crippen LogP) is 4.51. The van der Waals surface area contributed by atoms with Crippen molar-refractivity contribution in [3.05, 3.63) is 29.3 Å². The molecule has 1 nitrogen and oxygen atoms in total. The van der Waals surface area contributed by atoms with Crippen LogP contribution in [0, 0.1) is 11.8 Å². The molecule has 0 heterocycles. The van der Waals surface area contributed by atoms with Crippen LogP contribution in [0.25, 0.3) is 0 Å². The Morgan fingerprint density at radius 1 is 1.22 bits per heavy atom. The Bertz CT molecular complexity index is 461. The van der Waals surface area contributed by atoms with Crippen LogP contribution >= 0.6 is 0 Å². The molecule has 18 heavy (non-hydrogen) atoms. The van der Waals surface area contributed by atoms with E-state index >= 15 is 0 Å². The van der Waals surface area contributed by atoms with E-state index in [1.54, 1.807) is 12.7 Å². The molecule has 1 fully saturated rings. The Kier molecular flexibility index (Phi) is 2.69. The van der Waals surface area contributed by atoms with Gasteiger partial charge in [0, 0.05) is 0 Å². The highest BCUT2D eigenvalue weighted by Crippen LogP contribution is 2.57. The van der Waals surface area contributed by atoms with Crippen molar-refractivity contribution in [2.75, 3.05) is 7.11 Å². The van der Waals surface area contributed by atoms with Crippen molar-refractivity contribution in [2.45, 2.75) is 51.4 Å². The molecule has 98 valence electrons. The van der Waals surface area contributed by atoms with Gasteiger partial charge in [-0.2, -0.15) is 0 Å². The fourth-order valence-electron chi connectivity index (χ4n) is 4.33. The van der Waals surface area contributed by atoms with E-state index in [2.05, 4.69) is 39.0 Å². The van der Waals surface area contributed by atoms with Crippen molar-refractivity contribution in [2.24, 2.45) is 11.8 Å². The summed E-state index contributed by atoms with van der Waals surface area (Å²) in [5.74, 6) is 3.50. The molecular formula is C17H24O. The Labute approximate surface area is 111 Å². The lowest BCUT2D eigenvalue weighted by atomic mass is 9.67. The van der Waals surface area contributed by atoms with Crippen LogP contribution in [0.5, 0.6) is 5.75 Å². The first-order valence-corrected chi connectivity index (χ1v) is 7.22. The van der Waals surface area contributed by atoms with Gasteiger partial charge in [0.25, 0.3) is 0 Å². The minimum absolute atomic E-state index is 0.314. The lowest BCUT2D eigenvalue weighted by Gasteiger charge is -2.37. The van der Waals surface area contributed by atoms with Crippen LogP contribution in [0.1, 0.15) is 57.1 Å². The fourth-order valence-corrected chi connectivity index (χ4v) is 4.33. The van der Waals surface area contributed by atoms with Crippen LogP contribution in [0.2, 0.25) is 0 Å². The minimum Gasteiger partial charge on any atom is -0.497 e. The molecule has 2 aliphatic rings. The Morgan fingerprint density at radius 3 is 2.72 bits per heavy atom. The van der Waals surface area contributed by atoms with Gasteiger partial charge in [-0.3, -0.25) is 0 Å². The first-order chi connectivity index (χ1) is 8.54. The molecule has 1 aromatic carbocycles. The van der Waals surface area contributed by atoms with Crippen molar-refractivity contribution in [3.63, 3.8) is 0 Å². The zero-order chi connectivity index (χ0) is 12.9. The molecule has 3 atom stereocenters. The largest absolute Gasteiger partial charge is 0.497 e. The molecule has 1 saturated carbocycles. The van der Waals surface area contributed by atoms with Crippen LogP contribution in [-0.2, 0) is 5.41 Å². The highest BCUT2D eigenvalue weighted by atomic mass is 16.5. The SMILES string of the molecule is COc1ccc2c(c1)C(C)(C)[C@H]1CC[C@H](C)C[C@H]21. The summed E-state index contributed by atoms with van der Waals surface area (Å²) >= 11 is 0. The van der Waals surface area contributed by atoms with Gasteiger partial charge in [0.2, 0.25) is 0 Å². The summed E-state index contributed by atoms with van der Waals surface area (Å²) in [6.07, 6.45) is 4.15. The third kappa shape index (κ3) is 1.60. The number of methoxy groups -OCH3 is 1. The van der Waals surface area contributed by atoms with E-state index in [0.29, 0.717) is 5.41 Å². The summed E-state index contributed by atoms with van der Waals surface area (Å²) in [6.45, 7) is 7.25. The molecule has 0 amide bonds. The molecule has 0 bridgehead atoms. The molecular weight excluding hydrogens is 220 g/mol. The molecule has 0 saturated heterocycles. The number of rotatable bonds is 1. The fraction of sp³-hybridized carbons (Fsp3) is 0.647. The lowest BCUT2D eigenvalue weighted by Crippen LogP contribution is -2.30. The second-order valence-corrected chi connectivity index (χ2v) is 6.81. The Morgan fingerprint density at radius 2 is 2.00 bits per heavy atom.